The lowest BCUT2D eigenvalue weighted by Crippen LogP contribution is -2.34. The Bertz CT molecular complexity index is 81.0. The first-order valence-electron chi connectivity index (χ1n) is 3.33. The molecule has 0 aromatic heterocycles. The number of nitrogens with one attached hydrogen (secondary N) is 1. The molecular formula is C7H14NO. The fourth-order valence-electron chi connectivity index (χ4n) is 0.633. The van der Waals surface area contributed by atoms with Gasteiger partial charge in [-0.15, -0.1) is 0 Å². The smallest absolute Gasteiger partial charge is 0.217 e. The van der Waals surface area contributed by atoms with Gasteiger partial charge >= 0.3 is 0 Å². The summed E-state index contributed by atoms with van der Waals surface area (Å²) in [6.07, 6.45) is 1.94. The second-order valence-electron chi connectivity index (χ2n) is 2.40. The van der Waals surface area contributed by atoms with Crippen molar-refractivity contribution >= 4 is 6.29 Å². The van der Waals surface area contributed by atoms with Gasteiger partial charge in [0, 0.05) is 0 Å². The molecule has 0 heterocycles. The third-order valence-corrected chi connectivity index (χ3v) is 1.22. The van der Waals surface area contributed by atoms with Gasteiger partial charge in [-0.3, -0.25) is 4.79 Å². The minimum absolute atomic E-state index is 0.0880. The maximum Gasteiger partial charge on any atom is 0.217 e. The van der Waals surface area contributed by atoms with Gasteiger partial charge in [0.05, 0.1) is 6.04 Å². The summed E-state index contributed by atoms with van der Waals surface area (Å²) >= 11 is 0. The largest absolute Gasteiger partial charge is 0.307 e. The van der Waals surface area contributed by atoms with Crippen LogP contribution in [-0.4, -0.2) is 18.9 Å². The van der Waals surface area contributed by atoms with Crippen LogP contribution >= 0.6 is 0 Å². The fourth-order valence-corrected chi connectivity index (χ4v) is 0.633. The van der Waals surface area contributed by atoms with Crippen LogP contribution < -0.4 is 5.32 Å². The predicted molar refractivity (Wildman–Crippen MR) is 38.0 cm³/mol. The summed E-state index contributed by atoms with van der Waals surface area (Å²) in [5.41, 5.74) is 0. The van der Waals surface area contributed by atoms with Crippen LogP contribution in [0.1, 0.15) is 20.8 Å². The summed E-state index contributed by atoms with van der Waals surface area (Å²) in [4.78, 5) is 10.1. The van der Waals surface area contributed by atoms with E-state index in [9.17, 15) is 4.79 Å². The molecule has 53 valence electrons. The normalized spacial score (nSPS) is 13.8. The van der Waals surface area contributed by atoms with Gasteiger partial charge in [0.2, 0.25) is 6.29 Å². The van der Waals surface area contributed by atoms with Crippen LogP contribution in [0.4, 0.5) is 0 Å². The Morgan fingerprint density at radius 3 is 2.22 bits per heavy atom. The molecule has 0 bridgehead atoms. The van der Waals surface area contributed by atoms with E-state index in [0.29, 0.717) is 5.92 Å². The molecule has 0 aliphatic heterocycles. The van der Waals surface area contributed by atoms with E-state index in [1.807, 2.05) is 27.1 Å². The van der Waals surface area contributed by atoms with Gasteiger partial charge in [-0.2, -0.15) is 0 Å². The summed E-state index contributed by atoms with van der Waals surface area (Å²) < 4.78 is 0. The Labute approximate surface area is 56.6 Å². The van der Waals surface area contributed by atoms with Crippen molar-refractivity contribution in [3.63, 3.8) is 0 Å². The van der Waals surface area contributed by atoms with Gasteiger partial charge in [0.15, 0.2) is 0 Å². The first kappa shape index (κ1) is 8.63. The molecule has 2 heteroatoms. The van der Waals surface area contributed by atoms with Crippen molar-refractivity contribution in [1.82, 2.24) is 5.32 Å². The zero-order valence-electron chi connectivity index (χ0n) is 6.27. The summed E-state index contributed by atoms with van der Waals surface area (Å²) in [5, 5.41) is 3.01. The highest BCUT2D eigenvalue weighted by Crippen LogP contribution is 1.96. The van der Waals surface area contributed by atoms with E-state index in [2.05, 4.69) is 5.32 Å². The van der Waals surface area contributed by atoms with Crippen molar-refractivity contribution < 1.29 is 4.79 Å². The molecule has 0 aromatic rings. The van der Waals surface area contributed by atoms with Crippen LogP contribution in [0.3, 0.4) is 0 Å². The first-order chi connectivity index (χ1) is 4.22. The van der Waals surface area contributed by atoms with Crippen LogP contribution in [0.25, 0.3) is 0 Å². The zero-order valence-corrected chi connectivity index (χ0v) is 6.27. The van der Waals surface area contributed by atoms with E-state index in [-0.39, 0.29) is 6.04 Å². The quantitative estimate of drug-likeness (QED) is 0.604. The Kier molecular flexibility index (Phi) is 4.32. The lowest BCUT2D eigenvalue weighted by atomic mass is 10.1. The molecule has 9 heavy (non-hydrogen) atoms. The van der Waals surface area contributed by atoms with Gasteiger partial charge in [0.1, 0.15) is 0 Å². The molecule has 0 aromatic carbocycles. The van der Waals surface area contributed by atoms with Crippen molar-refractivity contribution in [3.8, 4) is 0 Å². The first-order valence-corrected chi connectivity index (χ1v) is 3.33. The van der Waals surface area contributed by atoms with Gasteiger partial charge in [0.25, 0.3) is 0 Å². The molecule has 0 spiro atoms. The molecule has 0 amide bonds. The van der Waals surface area contributed by atoms with Gasteiger partial charge in [-0.05, 0) is 12.5 Å². The Morgan fingerprint density at radius 1 is 1.56 bits per heavy atom. The highest BCUT2D eigenvalue weighted by atomic mass is 16.1. The van der Waals surface area contributed by atoms with Gasteiger partial charge < -0.3 is 5.32 Å². The Balaban J connectivity index is 3.54. The minimum atomic E-state index is -0.0880. The van der Waals surface area contributed by atoms with Crippen LogP contribution in [0.5, 0.6) is 0 Å². The molecule has 0 aliphatic rings. The van der Waals surface area contributed by atoms with Crippen molar-refractivity contribution in [1.29, 1.82) is 0 Å². The standard InChI is InChI=1S/C7H14NO/c1-4-8-7(5-9)6(2)3/h6-8H,4H2,1-3H3/t7-/m1/s1. The van der Waals surface area contributed by atoms with Gasteiger partial charge in [-0.25, -0.2) is 0 Å². The second kappa shape index (κ2) is 4.50. The number of likely N-dealkylation sites (N-methyl/N-ethyl adjacent to an activating group) is 1. The highest BCUT2D eigenvalue weighted by Gasteiger charge is 2.09. The van der Waals surface area contributed by atoms with Crippen molar-refractivity contribution in [3.05, 3.63) is 0 Å². The molecule has 0 aliphatic carbocycles. The number of hydrogen-bond donors (Lipinski definition) is 1. The Morgan fingerprint density at radius 2 is 2.11 bits per heavy atom. The van der Waals surface area contributed by atoms with E-state index in [0.717, 1.165) is 6.54 Å². The monoisotopic (exact) mass is 128 g/mol. The van der Waals surface area contributed by atoms with Crippen LogP contribution in [0, 0.1) is 5.92 Å². The number of rotatable bonds is 4. The number of carbonyl (C=O) groups excluding carboxylic acids is 1. The molecule has 0 rings (SSSR count). The Hall–Kier alpha value is -0.370. The third kappa shape index (κ3) is 3.25. The summed E-state index contributed by atoms with van der Waals surface area (Å²) in [6, 6.07) is -0.0880. The maximum atomic E-state index is 10.1. The zero-order chi connectivity index (χ0) is 7.28. The molecule has 1 atom stereocenters. The molecular weight excluding hydrogens is 114 g/mol. The lowest BCUT2D eigenvalue weighted by molar-refractivity contribution is 0.456. The van der Waals surface area contributed by atoms with E-state index in [4.69, 9.17) is 0 Å². The number of hydrogen-bond acceptors (Lipinski definition) is 2. The highest BCUT2D eigenvalue weighted by molar-refractivity contribution is 5.58. The minimum Gasteiger partial charge on any atom is -0.307 e. The van der Waals surface area contributed by atoms with Crippen molar-refractivity contribution in [2.75, 3.05) is 6.54 Å². The van der Waals surface area contributed by atoms with Crippen molar-refractivity contribution in [2.45, 2.75) is 26.8 Å². The molecule has 0 saturated heterocycles. The van der Waals surface area contributed by atoms with E-state index in [1.165, 1.54) is 0 Å². The SMILES string of the molecule is CCN[C@H]([C]=O)C(C)C. The van der Waals surface area contributed by atoms with Crippen LogP contribution in [0.15, 0.2) is 0 Å². The van der Waals surface area contributed by atoms with Crippen molar-refractivity contribution in [2.24, 2.45) is 5.92 Å². The van der Waals surface area contributed by atoms with Crippen LogP contribution in [0.2, 0.25) is 0 Å². The summed E-state index contributed by atoms with van der Waals surface area (Å²) in [6.45, 7) is 6.81. The van der Waals surface area contributed by atoms with Crippen LogP contribution in [-0.2, 0) is 4.79 Å². The average molecular weight is 128 g/mol. The van der Waals surface area contributed by atoms with E-state index < -0.39 is 0 Å². The molecule has 0 unspecified atom stereocenters. The van der Waals surface area contributed by atoms with Gasteiger partial charge in [-0.1, -0.05) is 20.8 Å². The van der Waals surface area contributed by atoms with E-state index in [1.54, 1.807) is 0 Å². The average Bonchev–Trinajstić information content (AvgIpc) is 1.82. The molecule has 1 N–H and O–H groups in total. The summed E-state index contributed by atoms with van der Waals surface area (Å²) in [7, 11) is 0. The molecule has 1 radical (unpaired) electrons. The molecule has 0 fully saturated rings. The third-order valence-electron chi connectivity index (χ3n) is 1.22. The topological polar surface area (TPSA) is 29.1 Å². The maximum absolute atomic E-state index is 10.1. The fraction of sp³-hybridized carbons (Fsp3) is 0.857. The predicted octanol–water partition coefficient (Wildman–Crippen LogP) is 0.730. The van der Waals surface area contributed by atoms with E-state index >= 15 is 0 Å². The molecule has 0 saturated carbocycles. The molecule has 2 nitrogen and oxygen atoms in total. The summed E-state index contributed by atoms with van der Waals surface area (Å²) in [5.74, 6) is 0.349. The second-order valence-corrected chi connectivity index (χ2v) is 2.40. The lowest BCUT2D eigenvalue weighted by Gasteiger charge is -2.12.